The minimum atomic E-state index is -1.92. The number of hydrogen-bond acceptors (Lipinski definition) is 8. The monoisotopic (exact) mass is 563 g/mol. The number of nitrogens with one attached hydrogen (secondary N) is 2. The molecule has 11 heteroatoms. The standard InChI is InChI=1S/C29H49N5O6/c1-20(2)16-14-12-10-8-7-9-11-13-15-17-21(36)31-25-32-23-22(24(37)33-25)30-19-34(23)29(6)28(5,39)27(4,38)26(3,18-35)40-29/h19-20,35,38-39H,7-18H2,1-6H3,(H2,31,32,33,36,37)/t26-,27-,28-,29-/m1/s1. The van der Waals surface area contributed by atoms with Gasteiger partial charge in [-0.1, -0.05) is 71.6 Å². The predicted molar refractivity (Wildman–Crippen MR) is 154 cm³/mol. The molecule has 5 N–H and O–H groups in total. The van der Waals surface area contributed by atoms with Crippen LogP contribution in [0.25, 0.3) is 11.2 Å². The van der Waals surface area contributed by atoms with Crippen LogP contribution in [0.3, 0.4) is 0 Å². The summed E-state index contributed by atoms with van der Waals surface area (Å²) < 4.78 is 7.44. The number of carbonyl (C=O) groups excluding carboxylic acids is 1. The quantitative estimate of drug-likeness (QED) is 0.203. The average molecular weight is 564 g/mol. The van der Waals surface area contributed by atoms with E-state index < -0.39 is 34.7 Å². The van der Waals surface area contributed by atoms with E-state index in [4.69, 9.17) is 4.74 Å². The lowest BCUT2D eigenvalue weighted by atomic mass is 9.73. The molecule has 0 bridgehead atoms. The lowest BCUT2D eigenvalue weighted by Gasteiger charge is -2.42. The van der Waals surface area contributed by atoms with Crippen LogP contribution in [0.5, 0.6) is 0 Å². The number of unbranched alkanes of at least 4 members (excludes halogenated alkanes) is 8. The molecule has 1 aliphatic heterocycles. The van der Waals surface area contributed by atoms with Crippen molar-refractivity contribution < 1.29 is 24.9 Å². The van der Waals surface area contributed by atoms with Gasteiger partial charge in [0.1, 0.15) is 16.8 Å². The van der Waals surface area contributed by atoms with E-state index in [1.165, 1.54) is 83.5 Å². The highest BCUT2D eigenvalue weighted by molar-refractivity contribution is 5.89. The Morgan fingerprint density at radius 1 is 1.00 bits per heavy atom. The van der Waals surface area contributed by atoms with Gasteiger partial charge in [-0.3, -0.25) is 24.5 Å². The number of aromatic nitrogens is 4. The van der Waals surface area contributed by atoms with Gasteiger partial charge in [-0.2, -0.15) is 4.98 Å². The van der Waals surface area contributed by atoms with Crippen LogP contribution in [0.15, 0.2) is 11.1 Å². The summed E-state index contributed by atoms with van der Waals surface area (Å²) in [5.74, 6) is 0.486. The fourth-order valence-corrected chi connectivity index (χ4v) is 5.62. The third-order valence-electron chi connectivity index (χ3n) is 8.92. The molecule has 11 nitrogen and oxygen atoms in total. The van der Waals surface area contributed by atoms with E-state index in [0.717, 1.165) is 25.2 Å². The van der Waals surface area contributed by atoms with Gasteiger partial charge < -0.3 is 20.1 Å². The summed E-state index contributed by atoms with van der Waals surface area (Å²) in [6.07, 6.45) is 13.3. The second kappa shape index (κ2) is 12.7. The molecule has 4 atom stereocenters. The third-order valence-corrected chi connectivity index (χ3v) is 8.92. The van der Waals surface area contributed by atoms with Gasteiger partial charge >= 0.3 is 0 Å². The largest absolute Gasteiger partial charge is 0.393 e. The van der Waals surface area contributed by atoms with Crippen molar-refractivity contribution in [3.05, 3.63) is 16.7 Å². The number of amides is 1. The summed E-state index contributed by atoms with van der Waals surface area (Å²) in [7, 11) is 0. The summed E-state index contributed by atoms with van der Waals surface area (Å²) in [4.78, 5) is 36.4. The van der Waals surface area contributed by atoms with E-state index in [0.29, 0.717) is 6.42 Å². The van der Waals surface area contributed by atoms with Crippen LogP contribution in [0.2, 0.25) is 0 Å². The normalized spacial score (nSPS) is 28.6. The molecule has 226 valence electrons. The van der Waals surface area contributed by atoms with Gasteiger partial charge in [-0.05, 0) is 40.0 Å². The smallest absolute Gasteiger partial charge is 0.280 e. The highest BCUT2D eigenvalue weighted by atomic mass is 16.6. The van der Waals surface area contributed by atoms with Crippen molar-refractivity contribution in [1.29, 1.82) is 0 Å². The molecule has 1 saturated heterocycles. The maximum atomic E-state index is 12.7. The molecule has 0 spiro atoms. The molecule has 2 aromatic rings. The number of imidazole rings is 1. The summed E-state index contributed by atoms with van der Waals surface area (Å²) >= 11 is 0. The van der Waals surface area contributed by atoms with E-state index in [1.807, 2.05) is 0 Å². The van der Waals surface area contributed by atoms with E-state index in [9.17, 15) is 24.9 Å². The Morgan fingerprint density at radius 2 is 1.57 bits per heavy atom. The fraction of sp³-hybridized carbons (Fsp3) is 0.793. The first-order valence-electron chi connectivity index (χ1n) is 14.7. The van der Waals surface area contributed by atoms with Crippen LogP contribution in [0, 0.1) is 5.92 Å². The van der Waals surface area contributed by atoms with Crippen LogP contribution in [0.1, 0.15) is 112 Å². The van der Waals surface area contributed by atoms with Crippen LogP contribution in [-0.2, 0) is 15.3 Å². The molecule has 0 unspecified atom stereocenters. The van der Waals surface area contributed by atoms with E-state index in [-0.39, 0.29) is 23.0 Å². The first-order valence-corrected chi connectivity index (χ1v) is 14.7. The van der Waals surface area contributed by atoms with Crippen LogP contribution in [-0.4, -0.2) is 64.2 Å². The minimum absolute atomic E-state index is 0.0178. The molecular formula is C29H49N5O6. The molecule has 0 aromatic carbocycles. The zero-order valence-electron chi connectivity index (χ0n) is 25.0. The van der Waals surface area contributed by atoms with E-state index in [2.05, 4.69) is 34.1 Å². The zero-order valence-corrected chi connectivity index (χ0v) is 25.0. The predicted octanol–water partition coefficient (Wildman–Crippen LogP) is 3.96. The van der Waals surface area contributed by atoms with Gasteiger partial charge in [0.05, 0.1) is 12.9 Å². The van der Waals surface area contributed by atoms with Gasteiger partial charge in [-0.15, -0.1) is 0 Å². The van der Waals surface area contributed by atoms with Crippen LogP contribution in [0.4, 0.5) is 5.95 Å². The zero-order chi connectivity index (χ0) is 29.8. The van der Waals surface area contributed by atoms with Crippen molar-refractivity contribution in [2.45, 2.75) is 135 Å². The minimum Gasteiger partial charge on any atom is -0.393 e. The summed E-state index contributed by atoms with van der Waals surface area (Å²) in [6, 6.07) is 0. The molecule has 40 heavy (non-hydrogen) atoms. The number of carbonyl (C=O) groups is 1. The fourth-order valence-electron chi connectivity index (χ4n) is 5.62. The van der Waals surface area contributed by atoms with Crippen LogP contribution >= 0.6 is 0 Å². The molecule has 3 heterocycles. The maximum Gasteiger partial charge on any atom is 0.280 e. The number of aliphatic hydroxyl groups excluding tert-OH is 1. The second-order valence-electron chi connectivity index (χ2n) is 12.5. The molecule has 0 radical (unpaired) electrons. The molecule has 3 rings (SSSR count). The topological polar surface area (TPSA) is 163 Å². The number of H-pyrrole nitrogens is 1. The molecular weight excluding hydrogens is 514 g/mol. The Labute approximate surface area is 236 Å². The Kier molecular flexibility index (Phi) is 10.2. The van der Waals surface area contributed by atoms with Crippen molar-refractivity contribution in [3.63, 3.8) is 0 Å². The number of nitrogens with zero attached hydrogens (tertiary/aromatic N) is 3. The van der Waals surface area contributed by atoms with Gasteiger partial charge in [0, 0.05) is 6.42 Å². The molecule has 1 fully saturated rings. The number of anilines is 1. The molecule has 2 aromatic heterocycles. The van der Waals surface area contributed by atoms with Crippen molar-refractivity contribution in [2.24, 2.45) is 5.92 Å². The number of aromatic amines is 1. The number of ether oxygens (including phenoxy) is 1. The highest BCUT2D eigenvalue weighted by Gasteiger charge is 2.73. The van der Waals surface area contributed by atoms with Gasteiger partial charge in [0.2, 0.25) is 11.9 Å². The third kappa shape index (κ3) is 6.27. The van der Waals surface area contributed by atoms with Crippen molar-refractivity contribution in [1.82, 2.24) is 19.5 Å². The maximum absolute atomic E-state index is 12.7. The molecule has 0 saturated carbocycles. The molecule has 0 aliphatic carbocycles. The van der Waals surface area contributed by atoms with Crippen molar-refractivity contribution in [3.8, 4) is 0 Å². The Balaban J connectivity index is 1.58. The number of rotatable bonds is 15. The van der Waals surface area contributed by atoms with Crippen molar-refractivity contribution >= 4 is 23.0 Å². The Hall–Kier alpha value is -2.34. The number of aliphatic hydroxyl groups is 3. The van der Waals surface area contributed by atoms with Gasteiger partial charge in [0.25, 0.3) is 5.56 Å². The van der Waals surface area contributed by atoms with E-state index in [1.54, 1.807) is 0 Å². The Bertz CT molecular complexity index is 1210. The number of fused-ring (bicyclic) bond motifs is 1. The lowest BCUT2D eigenvalue weighted by molar-refractivity contribution is -0.192. The first kappa shape index (κ1) is 32.2. The second-order valence-corrected chi connectivity index (χ2v) is 12.5. The SMILES string of the molecule is CC(C)CCCCCCCCCCCC(=O)Nc1nc2c(ncn2[C@]2(C)O[C@](C)(CO)[C@@](C)(O)[C@@]2(C)O)c(=O)[nH]1. The van der Waals surface area contributed by atoms with Gasteiger partial charge in [0.15, 0.2) is 16.9 Å². The average Bonchev–Trinajstić information content (AvgIpc) is 3.35. The molecule has 1 amide bonds. The highest BCUT2D eigenvalue weighted by Crippen LogP contribution is 2.54. The summed E-state index contributed by atoms with van der Waals surface area (Å²) in [5.41, 5.74) is -7.49. The number of hydrogen-bond donors (Lipinski definition) is 5. The van der Waals surface area contributed by atoms with Crippen LogP contribution < -0.4 is 10.9 Å². The Morgan fingerprint density at radius 3 is 2.12 bits per heavy atom. The molecule has 1 aliphatic rings. The summed E-state index contributed by atoms with van der Waals surface area (Å²) in [5, 5.41) is 35.2. The first-order chi connectivity index (χ1) is 18.7. The van der Waals surface area contributed by atoms with Crippen molar-refractivity contribution in [2.75, 3.05) is 11.9 Å². The van der Waals surface area contributed by atoms with E-state index >= 15 is 0 Å². The van der Waals surface area contributed by atoms with Gasteiger partial charge in [-0.25, -0.2) is 4.98 Å². The lowest BCUT2D eigenvalue weighted by Crippen LogP contribution is -2.63. The summed E-state index contributed by atoms with van der Waals surface area (Å²) in [6.45, 7) is 9.77.